The predicted octanol–water partition coefficient (Wildman–Crippen LogP) is 7.17. The summed E-state index contributed by atoms with van der Waals surface area (Å²) in [6, 6.07) is 20.9. The van der Waals surface area contributed by atoms with Crippen LogP contribution in [0.15, 0.2) is 79.1 Å². The molecule has 1 aliphatic rings. The smallest absolute Gasteiger partial charge is 0.238 e. The van der Waals surface area contributed by atoms with Gasteiger partial charge in [0.15, 0.2) is 17.2 Å². The highest BCUT2D eigenvalue weighted by Crippen LogP contribution is 2.36. The van der Waals surface area contributed by atoms with E-state index in [1.807, 2.05) is 61.1 Å². The van der Waals surface area contributed by atoms with Gasteiger partial charge in [0.05, 0.1) is 31.5 Å². The van der Waals surface area contributed by atoms with Crippen molar-refractivity contribution in [2.75, 3.05) is 25.0 Å². The van der Waals surface area contributed by atoms with Gasteiger partial charge in [-0.25, -0.2) is 0 Å². The van der Waals surface area contributed by atoms with E-state index in [1.165, 1.54) is 0 Å². The molecule has 0 atom stereocenters. The number of fused-ring (bicyclic) bond motifs is 2. The summed E-state index contributed by atoms with van der Waals surface area (Å²) in [5.74, 6) is 2.44. The molecule has 0 bridgehead atoms. The number of rotatable bonds is 6. The maximum atomic E-state index is 13.4. The normalized spacial score (nSPS) is 14.9. The van der Waals surface area contributed by atoms with Crippen LogP contribution in [0.4, 0.5) is 5.69 Å². The number of para-hydroxylation sites is 2. The lowest BCUT2D eigenvalue weighted by molar-refractivity contribution is -0.117. The van der Waals surface area contributed by atoms with E-state index < -0.39 is 0 Å². The van der Waals surface area contributed by atoms with Crippen LogP contribution in [0.1, 0.15) is 44.2 Å². The van der Waals surface area contributed by atoms with Crippen LogP contribution in [0.5, 0.6) is 23.0 Å². The first-order valence-electron chi connectivity index (χ1n) is 14.4. The van der Waals surface area contributed by atoms with E-state index in [0.717, 1.165) is 42.7 Å². The lowest BCUT2D eigenvalue weighted by Crippen LogP contribution is -2.33. The van der Waals surface area contributed by atoms with Crippen molar-refractivity contribution in [3.05, 3.63) is 95.3 Å². The minimum Gasteiger partial charge on any atom is -0.491 e. The minimum absolute atomic E-state index is 0.0561. The van der Waals surface area contributed by atoms with Crippen molar-refractivity contribution in [2.24, 2.45) is 0 Å². The van der Waals surface area contributed by atoms with Gasteiger partial charge in [-0.2, -0.15) is 5.10 Å². The van der Waals surface area contributed by atoms with E-state index in [-0.39, 0.29) is 18.6 Å². The number of amides is 1. The van der Waals surface area contributed by atoms with Crippen molar-refractivity contribution in [3.8, 4) is 23.0 Å². The first-order valence-corrected chi connectivity index (χ1v) is 14.8. The summed E-state index contributed by atoms with van der Waals surface area (Å²) >= 11 is 6.31. The average Bonchev–Trinajstić information content (AvgIpc) is 3.46. The molecule has 1 N–H and O–H groups in total. The Morgan fingerprint density at radius 2 is 1.83 bits per heavy atom. The molecule has 4 aromatic rings. The molecule has 1 aromatic heterocycles. The fraction of sp³-hybridized carbons (Fsp3) is 0.333. The van der Waals surface area contributed by atoms with Crippen LogP contribution in [-0.2, 0) is 17.9 Å². The van der Waals surface area contributed by atoms with Gasteiger partial charge in [-0.15, -0.1) is 0 Å². The highest BCUT2D eigenvalue weighted by atomic mass is 35.5. The molecule has 0 saturated carbocycles. The zero-order valence-electron chi connectivity index (χ0n) is 24.1. The van der Waals surface area contributed by atoms with Gasteiger partial charge < -0.3 is 19.5 Å². The zero-order valence-corrected chi connectivity index (χ0v) is 24.8. The van der Waals surface area contributed by atoms with Gasteiger partial charge in [-0.1, -0.05) is 29.8 Å². The molecule has 1 aliphatic heterocycles. The molecule has 3 aromatic carbocycles. The third kappa shape index (κ3) is 8.27. The van der Waals surface area contributed by atoms with E-state index in [2.05, 4.69) is 27.4 Å². The molecule has 0 aliphatic carbocycles. The Kier molecular flexibility index (Phi) is 10.0. The Labute approximate surface area is 252 Å². The van der Waals surface area contributed by atoms with Crippen LogP contribution in [0.25, 0.3) is 0 Å². The van der Waals surface area contributed by atoms with Gasteiger partial charge in [0.25, 0.3) is 0 Å². The number of ether oxygens (including phenoxy) is 3. The SMILES string of the molecule is CC(C)Oc1ccc(CN2CCCCCOc3ccccc3Oc3ccc(Cl)cc3NC(=O)C2)cc1Cn1cccn1. The van der Waals surface area contributed by atoms with Crippen LogP contribution in [-0.4, -0.2) is 46.4 Å². The Balaban J connectivity index is 1.37. The fourth-order valence-corrected chi connectivity index (χ4v) is 5.09. The second kappa shape index (κ2) is 14.2. The standard InChI is InChI=1S/C33H37ClN4O4/c1-24(2)41-29-13-11-25(19-26(29)22-38-17-8-15-35-38)21-37-16-6-3-7-18-40-31-9-4-5-10-32(31)42-30-14-12-27(34)20-28(30)36-33(39)23-37/h4-5,8-15,17,19-20,24H,3,6-7,16,18,21-23H2,1-2H3,(H,36,39). The molecule has 8 nitrogen and oxygen atoms in total. The summed E-state index contributed by atoms with van der Waals surface area (Å²) in [4.78, 5) is 15.6. The topological polar surface area (TPSA) is 77.9 Å². The monoisotopic (exact) mass is 588 g/mol. The first kappa shape index (κ1) is 29.5. The highest BCUT2D eigenvalue weighted by molar-refractivity contribution is 6.31. The van der Waals surface area contributed by atoms with Crippen LogP contribution in [0.2, 0.25) is 5.02 Å². The van der Waals surface area contributed by atoms with E-state index in [1.54, 1.807) is 24.4 Å². The minimum atomic E-state index is -0.141. The van der Waals surface area contributed by atoms with E-state index >= 15 is 0 Å². The summed E-state index contributed by atoms with van der Waals surface area (Å²) in [6.07, 6.45) is 6.58. The predicted molar refractivity (Wildman–Crippen MR) is 165 cm³/mol. The van der Waals surface area contributed by atoms with Crippen LogP contribution < -0.4 is 19.5 Å². The van der Waals surface area contributed by atoms with Gasteiger partial charge in [-0.3, -0.25) is 14.4 Å². The van der Waals surface area contributed by atoms with Gasteiger partial charge in [-0.05, 0) is 93.7 Å². The van der Waals surface area contributed by atoms with E-state index in [9.17, 15) is 4.79 Å². The van der Waals surface area contributed by atoms with Gasteiger partial charge in [0.2, 0.25) is 5.91 Å². The number of aromatic nitrogens is 2. The highest BCUT2D eigenvalue weighted by Gasteiger charge is 2.17. The van der Waals surface area contributed by atoms with E-state index in [4.69, 9.17) is 25.8 Å². The molecular formula is C33H37ClN4O4. The summed E-state index contributed by atoms with van der Waals surface area (Å²) in [5, 5.41) is 7.90. The number of halogens is 1. The molecule has 42 heavy (non-hydrogen) atoms. The molecule has 0 saturated heterocycles. The maximum Gasteiger partial charge on any atom is 0.238 e. The number of hydrogen-bond donors (Lipinski definition) is 1. The van der Waals surface area contributed by atoms with Crippen molar-refractivity contribution >= 4 is 23.2 Å². The molecule has 220 valence electrons. The van der Waals surface area contributed by atoms with Gasteiger partial charge in [0.1, 0.15) is 5.75 Å². The molecule has 2 heterocycles. The quantitative estimate of drug-likeness (QED) is 0.257. The molecular weight excluding hydrogens is 552 g/mol. The maximum absolute atomic E-state index is 13.4. The fourth-order valence-electron chi connectivity index (χ4n) is 4.91. The zero-order chi connectivity index (χ0) is 29.3. The third-order valence-electron chi connectivity index (χ3n) is 6.81. The van der Waals surface area contributed by atoms with Crippen molar-refractivity contribution in [3.63, 3.8) is 0 Å². The number of carbonyl (C=O) groups is 1. The van der Waals surface area contributed by atoms with Crippen LogP contribution in [0.3, 0.4) is 0 Å². The molecule has 9 heteroatoms. The Morgan fingerprint density at radius 3 is 2.64 bits per heavy atom. The van der Waals surface area contributed by atoms with E-state index in [0.29, 0.717) is 47.7 Å². The van der Waals surface area contributed by atoms with Crippen molar-refractivity contribution < 1.29 is 19.0 Å². The van der Waals surface area contributed by atoms with Gasteiger partial charge in [0, 0.05) is 29.5 Å². The molecule has 5 rings (SSSR count). The molecule has 0 fully saturated rings. The average molecular weight is 589 g/mol. The second-order valence-corrected chi connectivity index (χ2v) is 11.1. The van der Waals surface area contributed by atoms with Crippen molar-refractivity contribution in [1.82, 2.24) is 14.7 Å². The number of hydrogen-bond acceptors (Lipinski definition) is 6. The lowest BCUT2D eigenvalue weighted by Gasteiger charge is -2.23. The molecule has 1 amide bonds. The summed E-state index contributed by atoms with van der Waals surface area (Å²) < 4.78 is 20.3. The summed E-state index contributed by atoms with van der Waals surface area (Å²) in [7, 11) is 0. The van der Waals surface area contributed by atoms with Crippen LogP contribution in [0, 0.1) is 0 Å². The third-order valence-corrected chi connectivity index (χ3v) is 7.05. The number of anilines is 1. The first-order chi connectivity index (χ1) is 20.4. The number of carbonyl (C=O) groups excluding carboxylic acids is 1. The Morgan fingerprint density at radius 1 is 0.976 bits per heavy atom. The molecule has 0 unspecified atom stereocenters. The van der Waals surface area contributed by atoms with Crippen molar-refractivity contribution in [1.29, 1.82) is 0 Å². The second-order valence-electron chi connectivity index (χ2n) is 10.7. The summed E-state index contributed by atoms with van der Waals surface area (Å²) in [5.41, 5.74) is 2.66. The van der Waals surface area contributed by atoms with Crippen LogP contribution >= 0.6 is 11.6 Å². The molecule has 0 spiro atoms. The number of nitrogens with zero attached hydrogens (tertiary/aromatic N) is 3. The molecule has 0 radical (unpaired) electrons. The summed E-state index contributed by atoms with van der Waals surface area (Å²) in [6.45, 7) is 6.82. The largest absolute Gasteiger partial charge is 0.491 e. The van der Waals surface area contributed by atoms with Crippen molar-refractivity contribution in [2.45, 2.75) is 52.3 Å². The lowest BCUT2D eigenvalue weighted by atomic mass is 10.1. The Bertz CT molecular complexity index is 1470. The number of benzene rings is 3. The Hall–Kier alpha value is -4.01. The number of nitrogens with one attached hydrogen (secondary N) is 1. The van der Waals surface area contributed by atoms with Gasteiger partial charge >= 0.3 is 0 Å².